The highest BCUT2D eigenvalue weighted by atomic mass is 35.5. The second-order valence-corrected chi connectivity index (χ2v) is 6.72. The molecular formula is C17H7Cl2F9N2O3. The molecule has 0 aromatic heterocycles. The lowest BCUT2D eigenvalue weighted by Crippen LogP contribution is -2.45. The second-order valence-electron chi connectivity index (χ2n) is 5.94. The number of hydrogen-bond acceptors (Lipinski definition) is 3. The average molecular weight is 529 g/mol. The van der Waals surface area contributed by atoms with Gasteiger partial charge < -0.3 is 10.1 Å². The molecule has 33 heavy (non-hydrogen) atoms. The molecule has 2 rings (SSSR count). The normalized spacial score (nSPS) is 12.8. The van der Waals surface area contributed by atoms with Crippen molar-refractivity contribution in [2.45, 2.75) is 18.5 Å². The van der Waals surface area contributed by atoms with E-state index in [0.717, 1.165) is 6.07 Å². The van der Waals surface area contributed by atoms with Gasteiger partial charge in [-0.1, -0.05) is 29.3 Å². The third-order valence-electron chi connectivity index (χ3n) is 3.60. The molecule has 0 saturated carbocycles. The SMILES string of the molecule is O=C(NC(=O)c1c(F)cccc1F)Nc1cc(Cl)c(OC(F)(F)[C@H](F)C(F)(F)F)c(Cl)c1F. The number of urea groups is 1. The molecule has 0 saturated heterocycles. The second kappa shape index (κ2) is 9.55. The zero-order valence-electron chi connectivity index (χ0n) is 15.3. The van der Waals surface area contributed by atoms with Gasteiger partial charge in [0.15, 0.2) is 11.6 Å². The molecule has 0 spiro atoms. The number of amides is 3. The summed E-state index contributed by atoms with van der Waals surface area (Å²) in [7, 11) is 0. The number of carbonyl (C=O) groups is 2. The average Bonchev–Trinajstić information content (AvgIpc) is 2.67. The van der Waals surface area contributed by atoms with E-state index in [9.17, 15) is 49.1 Å². The predicted molar refractivity (Wildman–Crippen MR) is 95.8 cm³/mol. The number of carbonyl (C=O) groups excluding carboxylic acids is 2. The summed E-state index contributed by atoms with van der Waals surface area (Å²) in [5, 5.41) is 0.454. The van der Waals surface area contributed by atoms with Crippen LogP contribution in [0.3, 0.4) is 0 Å². The van der Waals surface area contributed by atoms with Gasteiger partial charge in [0, 0.05) is 0 Å². The highest BCUT2D eigenvalue weighted by molar-refractivity contribution is 6.37. The number of anilines is 1. The first kappa shape index (κ1) is 26.4. The lowest BCUT2D eigenvalue weighted by molar-refractivity contribution is -0.304. The molecule has 2 N–H and O–H groups in total. The molecule has 0 bridgehead atoms. The maximum absolute atomic E-state index is 14.3. The molecule has 5 nitrogen and oxygen atoms in total. The first-order chi connectivity index (χ1) is 15.1. The van der Waals surface area contributed by atoms with Crippen molar-refractivity contribution in [3.05, 3.63) is 57.3 Å². The summed E-state index contributed by atoms with van der Waals surface area (Å²) in [5.74, 6) is -7.67. The molecule has 1 atom stereocenters. The Morgan fingerprint density at radius 3 is 2.06 bits per heavy atom. The summed E-state index contributed by atoms with van der Waals surface area (Å²) in [6.07, 6.45) is -16.4. The molecule has 2 aromatic rings. The Hall–Kier alpha value is -2.87. The van der Waals surface area contributed by atoms with E-state index in [2.05, 4.69) is 4.74 Å². The molecule has 0 aliphatic carbocycles. The van der Waals surface area contributed by atoms with Gasteiger partial charge in [-0.2, -0.15) is 22.0 Å². The van der Waals surface area contributed by atoms with Crippen molar-refractivity contribution < 1.29 is 53.8 Å². The van der Waals surface area contributed by atoms with Crippen molar-refractivity contribution in [3.63, 3.8) is 0 Å². The number of hydrogen-bond donors (Lipinski definition) is 2. The van der Waals surface area contributed by atoms with E-state index in [4.69, 9.17) is 23.2 Å². The summed E-state index contributed by atoms with van der Waals surface area (Å²) in [6, 6.07) is 1.04. The Bertz CT molecular complexity index is 1080. The van der Waals surface area contributed by atoms with Gasteiger partial charge in [-0.15, -0.1) is 0 Å². The van der Waals surface area contributed by atoms with Crippen molar-refractivity contribution in [3.8, 4) is 5.75 Å². The molecule has 0 aliphatic rings. The molecule has 0 unspecified atom stereocenters. The topological polar surface area (TPSA) is 67.4 Å². The minimum atomic E-state index is -6.05. The first-order valence-corrected chi connectivity index (χ1v) is 8.83. The van der Waals surface area contributed by atoms with E-state index in [-0.39, 0.29) is 0 Å². The number of ether oxygens (including phenoxy) is 1. The molecule has 0 radical (unpaired) electrons. The fourth-order valence-corrected chi connectivity index (χ4v) is 2.71. The van der Waals surface area contributed by atoms with E-state index in [1.165, 1.54) is 5.32 Å². The number of rotatable bonds is 5. The molecule has 16 heteroatoms. The third kappa shape index (κ3) is 5.93. The zero-order valence-corrected chi connectivity index (χ0v) is 16.8. The smallest absolute Gasteiger partial charge is 0.427 e. The molecular weight excluding hydrogens is 522 g/mol. The van der Waals surface area contributed by atoms with Gasteiger partial charge in [0.2, 0.25) is 0 Å². The molecule has 2 aromatic carbocycles. The van der Waals surface area contributed by atoms with Gasteiger partial charge >= 0.3 is 18.3 Å². The van der Waals surface area contributed by atoms with Crippen LogP contribution in [-0.2, 0) is 0 Å². The van der Waals surface area contributed by atoms with Crippen LogP contribution in [0.5, 0.6) is 5.75 Å². The maximum Gasteiger partial charge on any atom is 0.439 e. The minimum absolute atomic E-state index is 0.322. The van der Waals surface area contributed by atoms with Crippen molar-refractivity contribution in [1.82, 2.24) is 5.32 Å². The van der Waals surface area contributed by atoms with Crippen molar-refractivity contribution in [2.24, 2.45) is 0 Å². The summed E-state index contributed by atoms with van der Waals surface area (Å²) in [5.41, 5.74) is -2.19. The standard InChI is InChI=1S/C17H7Cl2F9N2O3/c18-5-4-8(29-15(32)30-13(31)9-6(20)2-1-3-7(9)21)11(22)10(19)12(5)33-17(27,28)14(23)16(24,25)26/h1-4,14H,(H2,29,30,31,32)/t14-/m1/s1. The van der Waals surface area contributed by atoms with Crippen molar-refractivity contribution in [1.29, 1.82) is 0 Å². The summed E-state index contributed by atoms with van der Waals surface area (Å²) in [6.45, 7) is 0. The Balaban J connectivity index is 2.25. The Morgan fingerprint density at radius 1 is 1.00 bits per heavy atom. The number of imide groups is 1. The van der Waals surface area contributed by atoms with E-state index >= 15 is 0 Å². The molecule has 180 valence electrons. The fourth-order valence-electron chi connectivity index (χ4n) is 2.18. The Kier molecular flexibility index (Phi) is 7.63. The van der Waals surface area contributed by atoms with Crippen LogP contribution in [-0.4, -0.2) is 30.4 Å². The summed E-state index contributed by atoms with van der Waals surface area (Å²) >= 11 is 10.9. The molecule has 0 aliphatic heterocycles. The van der Waals surface area contributed by atoms with Crippen LogP contribution in [0.15, 0.2) is 24.3 Å². The van der Waals surface area contributed by atoms with Crippen LogP contribution in [0.4, 0.5) is 50.0 Å². The van der Waals surface area contributed by atoms with Crippen LogP contribution in [0, 0.1) is 17.5 Å². The molecule has 3 amide bonds. The Labute approximate surface area is 187 Å². The predicted octanol–water partition coefficient (Wildman–Crippen LogP) is 6.24. The van der Waals surface area contributed by atoms with Crippen molar-refractivity contribution in [2.75, 3.05) is 5.32 Å². The maximum atomic E-state index is 14.3. The van der Waals surface area contributed by atoms with E-state index in [1.807, 2.05) is 0 Å². The van der Waals surface area contributed by atoms with E-state index < -0.39 is 74.9 Å². The van der Waals surface area contributed by atoms with Gasteiger partial charge in [0.25, 0.3) is 12.1 Å². The quantitative estimate of drug-likeness (QED) is 0.356. The van der Waals surface area contributed by atoms with Gasteiger partial charge in [-0.25, -0.2) is 22.4 Å². The number of halogens is 11. The monoisotopic (exact) mass is 528 g/mol. The minimum Gasteiger partial charge on any atom is -0.427 e. The number of benzene rings is 2. The van der Waals surface area contributed by atoms with Crippen LogP contribution in [0.1, 0.15) is 10.4 Å². The summed E-state index contributed by atoms with van der Waals surface area (Å²) < 4.78 is 121. The van der Waals surface area contributed by atoms with Crippen molar-refractivity contribution >= 4 is 40.8 Å². The lowest BCUT2D eigenvalue weighted by atomic mass is 10.2. The Morgan fingerprint density at radius 2 is 1.55 bits per heavy atom. The van der Waals surface area contributed by atoms with Crippen LogP contribution in [0.25, 0.3) is 0 Å². The van der Waals surface area contributed by atoms with Crippen LogP contribution < -0.4 is 15.4 Å². The summed E-state index contributed by atoms with van der Waals surface area (Å²) in [4.78, 5) is 23.7. The number of alkyl halides is 6. The lowest BCUT2D eigenvalue weighted by Gasteiger charge is -2.24. The third-order valence-corrected chi connectivity index (χ3v) is 4.22. The highest BCUT2D eigenvalue weighted by Crippen LogP contribution is 2.44. The van der Waals surface area contributed by atoms with Crippen LogP contribution >= 0.6 is 23.2 Å². The fraction of sp³-hybridized carbons (Fsp3) is 0.176. The van der Waals surface area contributed by atoms with Gasteiger partial charge in [-0.3, -0.25) is 10.1 Å². The van der Waals surface area contributed by atoms with Gasteiger partial charge in [0.05, 0.1) is 10.7 Å². The van der Waals surface area contributed by atoms with Gasteiger partial charge in [0.1, 0.15) is 22.2 Å². The highest BCUT2D eigenvalue weighted by Gasteiger charge is 2.59. The van der Waals surface area contributed by atoms with Gasteiger partial charge in [-0.05, 0) is 18.2 Å². The largest absolute Gasteiger partial charge is 0.439 e. The first-order valence-electron chi connectivity index (χ1n) is 8.07. The molecule has 0 heterocycles. The molecule has 0 fully saturated rings. The van der Waals surface area contributed by atoms with Crippen LogP contribution in [0.2, 0.25) is 10.0 Å². The van der Waals surface area contributed by atoms with E-state index in [1.54, 1.807) is 5.32 Å². The number of nitrogens with one attached hydrogen (secondary N) is 2. The van der Waals surface area contributed by atoms with E-state index in [0.29, 0.717) is 18.2 Å². The zero-order chi connectivity index (χ0) is 25.3.